The summed E-state index contributed by atoms with van der Waals surface area (Å²) in [5, 5.41) is 10.4. The molecule has 0 atom stereocenters. The molecule has 0 spiro atoms. The SMILES string of the molecule is CCCCN1C=C(CC(=O)O)NN1. The third-order valence-electron chi connectivity index (χ3n) is 1.77. The fraction of sp³-hybridized carbons (Fsp3) is 0.625. The van der Waals surface area contributed by atoms with Gasteiger partial charge in [0, 0.05) is 12.7 Å². The molecular formula is C8H15N3O2. The summed E-state index contributed by atoms with van der Waals surface area (Å²) in [7, 11) is 0. The van der Waals surface area contributed by atoms with Gasteiger partial charge in [0.1, 0.15) is 0 Å². The summed E-state index contributed by atoms with van der Waals surface area (Å²) in [5.41, 5.74) is 6.38. The van der Waals surface area contributed by atoms with Crippen LogP contribution in [0.3, 0.4) is 0 Å². The maximum atomic E-state index is 10.3. The number of carboxylic acid groups (broad SMARTS) is 1. The number of hydrogen-bond donors (Lipinski definition) is 3. The lowest BCUT2D eigenvalue weighted by molar-refractivity contribution is -0.136. The molecule has 0 aromatic rings. The molecule has 5 heteroatoms. The number of hydrazine groups is 2. The third kappa shape index (κ3) is 3.33. The molecule has 13 heavy (non-hydrogen) atoms. The summed E-state index contributed by atoms with van der Waals surface area (Å²) in [6.45, 7) is 3.01. The molecule has 74 valence electrons. The Bertz CT molecular complexity index is 215. The number of carbonyl (C=O) groups is 1. The molecule has 0 unspecified atom stereocenters. The van der Waals surface area contributed by atoms with Gasteiger partial charge in [-0.15, -0.1) is 5.53 Å². The van der Waals surface area contributed by atoms with Crippen molar-refractivity contribution in [2.45, 2.75) is 26.2 Å². The molecule has 1 aliphatic rings. The molecule has 1 rings (SSSR count). The van der Waals surface area contributed by atoms with Crippen LogP contribution in [0.25, 0.3) is 0 Å². The number of rotatable bonds is 5. The van der Waals surface area contributed by atoms with Crippen LogP contribution in [0.5, 0.6) is 0 Å². The molecule has 0 amide bonds. The monoisotopic (exact) mass is 185 g/mol. The lowest BCUT2D eigenvalue weighted by Crippen LogP contribution is -2.37. The van der Waals surface area contributed by atoms with Gasteiger partial charge in [0.25, 0.3) is 0 Å². The van der Waals surface area contributed by atoms with Gasteiger partial charge in [-0.25, -0.2) is 0 Å². The molecule has 0 saturated carbocycles. The second-order valence-corrected chi connectivity index (χ2v) is 3.01. The Morgan fingerprint density at radius 3 is 3.08 bits per heavy atom. The van der Waals surface area contributed by atoms with E-state index in [4.69, 9.17) is 5.11 Å². The van der Waals surface area contributed by atoms with Gasteiger partial charge in [-0.1, -0.05) is 13.3 Å². The van der Waals surface area contributed by atoms with Crippen LogP contribution in [0.2, 0.25) is 0 Å². The van der Waals surface area contributed by atoms with Crippen molar-refractivity contribution in [2.24, 2.45) is 0 Å². The maximum absolute atomic E-state index is 10.3. The van der Waals surface area contributed by atoms with Gasteiger partial charge in [-0.3, -0.25) is 9.80 Å². The zero-order valence-electron chi connectivity index (χ0n) is 7.71. The molecule has 1 aliphatic heterocycles. The van der Waals surface area contributed by atoms with Gasteiger partial charge < -0.3 is 10.5 Å². The van der Waals surface area contributed by atoms with Gasteiger partial charge in [0.2, 0.25) is 0 Å². The summed E-state index contributed by atoms with van der Waals surface area (Å²) in [6, 6.07) is 0. The average molecular weight is 185 g/mol. The van der Waals surface area contributed by atoms with Crippen LogP contribution in [0.15, 0.2) is 11.9 Å². The maximum Gasteiger partial charge on any atom is 0.309 e. The van der Waals surface area contributed by atoms with Gasteiger partial charge in [-0.05, 0) is 6.42 Å². The molecule has 3 N–H and O–H groups in total. The second kappa shape index (κ2) is 4.71. The minimum absolute atomic E-state index is 0.0373. The lowest BCUT2D eigenvalue weighted by atomic mass is 10.3. The first-order chi connectivity index (χ1) is 6.22. The van der Waals surface area contributed by atoms with Crippen LogP contribution in [-0.2, 0) is 4.79 Å². The van der Waals surface area contributed by atoms with Crippen molar-refractivity contribution in [1.82, 2.24) is 16.0 Å². The molecule has 0 aromatic carbocycles. The summed E-state index contributed by atoms with van der Waals surface area (Å²) >= 11 is 0. The van der Waals surface area contributed by atoms with Gasteiger partial charge >= 0.3 is 5.97 Å². The van der Waals surface area contributed by atoms with Crippen molar-refractivity contribution in [2.75, 3.05) is 6.54 Å². The van der Waals surface area contributed by atoms with Gasteiger partial charge in [0.15, 0.2) is 0 Å². The number of unbranched alkanes of at least 4 members (excludes halogenated alkanes) is 1. The van der Waals surface area contributed by atoms with E-state index >= 15 is 0 Å². The highest BCUT2D eigenvalue weighted by Gasteiger charge is 2.12. The van der Waals surface area contributed by atoms with Crippen LogP contribution in [0.1, 0.15) is 26.2 Å². The summed E-state index contributed by atoms with van der Waals surface area (Å²) in [4.78, 5) is 10.3. The Balaban J connectivity index is 2.30. The number of nitrogens with one attached hydrogen (secondary N) is 2. The number of nitrogens with zero attached hydrogens (tertiary/aromatic N) is 1. The highest BCUT2D eigenvalue weighted by Crippen LogP contribution is 2.04. The van der Waals surface area contributed by atoms with Crippen LogP contribution in [0.4, 0.5) is 0 Å². The normalized spacial score (nSPS) is 15.5. The van der Waals surface area contributed by atoms with Crippen molar-refractivity contribution < 1.29 is 9.90 Å². The van der Waals surface area contributed by atoms with Crippen LogP contribution in [0, 0.1) is 0 Å². The molecule has 0 aliphatic carbocycles. The van der Waals surface area contributed by atoms with Crippen molar-refractivity contribution >= 4 is 5.97 Å². The molecule has 0 saturated heterocycles. The fourth-order valence-electron chi connectivity index (χ4n) is 1.10. The summed E-state index contributed by atoms with van der Waals surface area (Å²) in [6.07, 6.45) is 4.05. The van der Waals surface area contributed by atoms with E-state index in [1.807, 2.05) is 5.01 Å². The first-order valence-electron chi connectivity index (χ1n) is 4.43. The zero-order valence-corrected chi connectivity index (χ0v) is 7.71. The number of carboxylic acids is 1. The predicted molar refractivity (Wildman–Crippen MR) is 48.2 cm³/mol. The largest absolute Gasteiger partial charge is 0.481 e. The van der Waals surface area contributed by atoms with E-state index < -0.39 is 5.97 Å². The molecular weight excluding hydrogens is 170 g/mol. The molecule has 0 radical (unpaired) electrons. The quantitative estimate of drug-likeness (QED) is 0.579. The number of aliphatic carboxylic acids is 1. The zero-order chi connectivity index (χ0) is 9.68. The van der Waals surface area contributed by atoms with Crippen molar-refractivity contribution in [3.63, 3.8) is 0 Å². The van der Waals surface area contributed by atoms with E-state index in [1.54, 1.807) is 6.20 Å². The first kappa shape index (κ1) is 9.85. The van der Waals surface area contributed by atoms with E-state index in [-0.39, 0.29) is 6.42 Å². The topological polar surface area (TPSA) is 64.6 Å². The lowest BCUT2D eigenvalue weighted by Gasteiger charge is -2.13. The standard InChI is InChI=1S/C8H15N3O2/c1-2-3-4-11-6-7(9-10-11)5-8(12)13/h6,9-10H,2-5H2,1H3,(H,12,13). The molecule has 0 fully saturated rings. The highest BCUT2D eigenvalue weighted by atomic mass is 16.4. The van der Waals surface area contributed by atoms with E-state index in [0.29, 0.717) is 5.70 Å². The van der Waals surface area contributed by atoms with Crippen molar-refractivity contribution in [3.8, 4) is 0 Å². The Labute approximate surface area is 77.4 Å². The van der Waals surface area contributed by atoms with E-state index in [0.717, 1.165) is 19.4 Å². The highest BCUT2D eigenvalue weighted by molar-refractivity contribution is 5.69. The molecule has 5 nitrogen and oxygen atoms in total. The van der Waals surface area contributed by atoms with Gasteiger partial charge in [0.05, 0.1) is 12.1 Å². The van der Waals surface area contributed by atoms with E-state index in [1.165, 1.54) is 0 Å². The summed E-state index contributed by atoms with van der Waals surface area (Å²) < 4.78 is 0. The molecule has 1 heterocycles. The smallest absolute Gasteiger partial charge is 0.309 e. The molecule has 0 aromatic heterocycles. The Morgan fingerprint density at radius 2 is 2.46 bits per heavy atom. The van der Waals surface area contributed by atoms with Crippen molar-refractivity contribution in [3.05, 3.63) is 11.9 Å². The third-order valence-corrected chi connectivity index (χ3v) is 1.77. The Hall–Kier alpha value is -1.23. The summed E-state index contributed by atoms with van der Waals surface area (Å²) in [5.74, 6) is -0.821. The van der Waals surface area contributed by atoms with Crippen LogP contribution >= 0.6 is 0 Å². The van der Waals surface area contributed by atoms with E-state index in [2.05, 4.69) is 17.9 Å². The van der Waals surface area contributed by atoms with Crippen LogP contribution < -0.4 is 11.0 Å². The first-order valence-corrected chi connectivity index (χ1v) is 4.43. The number of hydrogen-bond acceptors (Lipinski definition) is 4. The Kier molecular flexibility index (Phi) is 3.57. The average Bonchev–Trinajstić information content (AvgIpc) is 2.48. The second-order valence-electron chi connectivity index (χ2n) is 3.01. The minimum Gasteiger partial charge on any atom is -0.481 e. The van der Waals surface area contributed by atoms with Gasteiger partial charge in [-0.2, -0.15) is 0 Å². The van der Waals surface area contributed by atoms with Crippen molar-refractivity contribution in [1.29, 1.82) is 0 Å². The van der Waals surface area contributed by atoms with Crippen LogP contribution in [-0.4, -0.2) is 22.6 Å². The predicted octanol–water partition coefficient (Wildman–Crippen LogP) is 0.427. The molecule has 0 bridgehead atoms. The fourth-order valence-corrected chi connectivity index (χ4v) is 1.10. The Morgan fingerprint density at radius 1 is 1.69 bits per heavy atom. The minimum atomic E-state index is -0.821. The van der Waals surface area contributed by atoms with E-state index in [9.17, 15) is 4.79 Å².